The molecule has 0 aliphatic rings. The van der Waals surface area contributed by atoms with E-state index in [1.165, 1.54) is 0 Å². The molecule has 34 heavy (non-hydrogen) atoms. The molecule has 0 amide bonds. The van der Waals surface area contributed by atoms with Gasteiger partial charge in [-0.05, 0) is 66.7 Å². The van der Waals surface area contributed by atoms with E-state index >= 15 is 0 Å². The highest BCUT2D eigenvalue weighted by Gasteiger charge is 2.26. The Morgan fingerprint density at radius 2 is 1.50 bits per heavy atom. The summed E-state index contributed by atoms with van der Waals surface area (Å²) in [7, 11) is 4.83. The number of H-pyrrole nitrogens is 1. The number of methoxy groups -OCH3 is 3. The summed E-state index contributed by atoms with van der Waals surface area (Å²) in [6.07, 6.45) is 0. The zero-order valence-corrected chi connectivity index (χ0v) is 20.4. The first-order chi connectivity index (χ1) is 16.5. The number of ether oxygens (including phenoxy) is 3. The molecule has 0 atom stereocenters. The van der Waals surface area contributed by atoms with Crippen molar-refractivity contribution in [1.82, 2.24) is 14.8 Å². The van der Waals surface area contributed by atoms with Gasteiger partial charge >= 0.3 is 0 Å². The van der Waals surface area contributed by atoms with E-state index in [2.05, 4.69) is 26.1 Å². The van der Waals surface area contributed by atoms with Gasteiger partial charge < -0.3 is 19.3 Å². The lowest BCUT2D eigenvalue weighted by atomic mass is 10.0. The number of nitrogens with zero attached hydrogens (tertiary/aromatic N) is 2. The summed E-state index contributed by atoms with van der Waals surface area (Å²) in [4.78, 5) is 0. The van der Waals surface area contributed by atoms with Gasteiger partial charge in [-0.1, -0.05) is 15.9 Å². The van der Waals surface area contributed by atoms with Crippen molar-refractivity contribution in [2.75, 3.05) is 21.3 Å². The van der Waals surface area contributed by atoms with Crippen LogP contribution < -0.4 is 14.2 Å². The Morgan fingerprint density at radius 3 is 2.15 bits per heavy atom. The molecule has 0 fully saturated rings. The van der Waals surface area contributed by atoms with Crippen LogP contribution in [0.5, 0.6) is 23.1 Å². The minimum absolute atomic E-state index is 0.0642. The molecule has 8 heteroatoms. The number of hydrogen-bond acceptors (Lipinski definition) is 5. The number of hydrogen-bond donors (Lipinski definition) is 2. The quantitative estimate of drug-likeness (QED) is 0.280. The lowest BCUT2D eigenvalue weighted by Crippen LogP contribution is -1.98. The zero-order valence-electron chi connectivity index (χ0n) is 18.8. The molecule has 0 aliphatic heterocycles. The highest BCUT2D eigenvalue weighted by atomic mass is 79.9. The third-order valence-corrected chi connectivity index (χ3v) is 6.30. The zero-order chi connectivity index (χ0) is 23.8. The van der Waals surface area contributed by atoms with Crippen molar-refractivity contribution in [2.45, 2.75) is 0 Å². The number of aromatic amines is 1. The molecular weight excluding hydrogens is 498 g/mol. The Balaban J connectivity index is 1.83. The summed E-state index contributed by atoms with van der Waals surface area (Å²) in [5.41, 5.74) is 4.56. The summed E-state index contributed by atoms with van der Waals surface area (Å²) >= 11 is 3.49. The number of benzene rings is 3. The van der Waals surface area contributed by atoms with Crippen LogP contribution in [0.4, 0.5) is 0 Å². The molecule has 2 aromatic heterocycles. The van der Waals surface area contributed by atoms with E-state index < -0.39 is 0 Å². The van der Waals surface area contributed by atoms with E-state index in [0.29, 0.717) is 22.7 Å². The Bertz CT molecular complexity index is 1470. The molecule has 5 aromatic rings. The maximum absolute atomic E-state index is 11.3. The first-order valence-corrected chi connectivity index (χ1v) is 11.3. The molecule has 2 heterocycles. The maximum Gasteiger partial charge on any atom is 0.222 e. The van der Waals surface area contributed by atoms with Gasteiger partial charge in [0, 0.05) is 21.3 Å². The van der Waals surface area contributed by atoms with E-state index in [9.17, 15) is 5.11 Å². The third-order valence-electron chi connectivity index (χ3n) is 5.77. The second-order valence-electron chi connectivity index (χ2n) is 7.60. The molecule has 172 valence electrons. The van der Waals surface area contributed by atoms with Gasteiger partial charge in [0.15, 0.2) is 11.5 Å². The molecule has 0 saturated heterocycles. The minimum Gasteiger partial charge on any atom is -0.497 e. The predicted molar refractivity (Wildman–Crippen MR) is 135 cm³/mol. The second kappa shape index (κ2) is 8.79. The Hall–Kier alpha value is -3.91. The first-order valence-electron chi connectivity index (χ1n) is 10.5. The highest BCUT2D eigenvalue weighted by molar-refractivity contribution is 9.10. The molecule has 2 N–H and O–H groups in total. The molecular formula is C26H22BrN3O4. The van der Waals surface area contributed by atoms with Gasteiger partial charge in [-0.15, -0.1) is 0 Å². The molecule has 0 spiro atoms. The number of aromatic hydroxyl groups is 1. The van der Waals surface area contributed by atoms with Crippen LogP contribution in [0.2, 0.25) is 0 Å². The maximum atomic E-state index is 11.3. The summed E-state index contributed by atoms with van der Waals surface area (Å²) in [5.74, 6) is 2.03. The number of rotatable bonds is 6. The summed E-state index contributed by atoms with van der Waals surface area (Å²) in [6, 6.07) is 21.1. The summed E-state index contributed by atoms with van der Waals surface area (Å²) in [5, 5.41) is 19.7. The molecule has 7 nitrogen and oxygen atoms in total. The van der Waals surface area contributed by atoms with Gasteiger partial charge in [-0.3, -0.25) is 9.67 Å². The Kier molecular flexibility index (Phi) is 5.67. The molecule has 0 aliphatic carbocycles. The van der Waals surface area contributed by atoms with Gasteiger partial charge in [-0.2, -0.15) is 5.10 Å². The third kappa shape index (κ3) is 3.56. The monoisotopic (exact) mass is 519 g/mol. The minimum atomic E-state index is 0.0642. The summed E-state index contributed by atoms with van der Waals surface area (Å²) in [6.45, 7) is 0. The average molecular weight is 520 g/mol. The second-order valence-corrected chi connectivity index (χ2v) is 8.52. The molecule has 5 rings (SSSR count). The smallest absolute Gasteiger partial charge is 0.222 e. The average Bonchev–Trinajstić information content (AvgIpc) is 3.43. The Labute approximate surface area is 204 Å². The lowest BCUT2D eigenvalue weighted by Gasteiger charge is -2.14. The van der Waals surface area contributed by atoms with Gasteiger partial charge in [0.25, 0.3) is 0 Å². The first kappa shape index (κ1) is 21.9. The van der Waals surface area contributed by atoms with Gasteiger partial charge in [0.1, 0.15) is 17.0 Å². The molecule has 0 saturated carbocycles. The van der Waals surface area contributed by atoms with Gasteiger partial charge in [-0.25, -0.2) is 0 Å². The molecule has 0 unspecified atom stereocenters. The predicted octanol–water partition coefficient (Wildman–Crippen LogP) is 6.18. The van der Waals surface area contributed by atoms with Crippen molar-refractivity contribution < 1.29 is 19.3 Å². The van der Waals surface area contributed by atoms with Crippen molar-refractivity contribution in [3.63, 3.8) is 0 Å². The lowest BCUT2D eigenvalue weighted by molar-refractivity contribution is 0.355. The largest absolute Gasteiger partial charge is 0.497 e. The van der Waals surface area contributed by atoms with Crippen LogP contribution in [0, 0.1) is 0 Å². The summed E-state index contributed by atoms with van der Waals surface area (Å²) < 4.78 is 19.0. The highest BCUT2D eigenvalue weighted by Crippen LogP contribution is 2.45. The van der Waals surface area contributed by atoms with Gasteiger partial charge in [0.2, 0.25) is 5.88 Å². The van der Waals surface area contributed by atoms with Crippen molar-refractivity contribution in [1.29, 1.82) is 0 Å². The topological polar surface area (TPSA) is 81.5 Å². The normalized spacial score (nSPS) is 11.1. The van der Waals surface area contributed by atoms with Crippen molar-refractivity contribution in [3.05, 3.63) is 71.2 Å². The fraction of sp³-hybridized carbons (Fsp3) is 0.115. The van der Waals surface area contributed by atoms with Gasteiger partial charge in [0.05, 0.1) is 32.4 Å². The van der Waals surface area contributed by atoms with Crippen LogP contribution in [0.15, 0.2) is 71.2 Å². The number of halogens is 1. The van der Waals surface area contributed by atoms with Crippen LogP contribution in [0.25, 0.3) is 39.1 Å². The standard InChI is InChI=1S/C26H22BrN3O4/c1-32-19-11-4-15(5-12-19)23-22-24(29-28-23)26(31)30(18-9-7-17(27)8-10-18)25(22)16-6-13-20(33-2)21(14-16)34-3/h4-14,29,31H,1-3H3. The van der Waals surface area contributed by atoms with Crippen LogP contribution in [0.3, 0.4) is 0 Å². The van der Waals surface area contributed by atoms with E-state index in [-0.39, 0.29) is 5.88 Å². The molecule has 0 bridgehead atoms. The van der Waals surface area contributed by atoms with Crippen LogP contribution in [0.1, 0.15) is 0 Å². The van der Waals surface area contributed by atoms with Crippen molar-refractivity contribution in [3.8, 4) is 51.3 Å². The number of aromatic nitrogens is 3. The van der Waals surface area contributed by atoms with Crippen LogP contribution in [-0.2, 0) is 0 Å². The van der Waals surface area contributed by atoms with E-state index in [1.807, 2.05) is 71.3 Å². The molecule has 3 aromatic carbocycles. The van der Waals surface area contributed by atoms with E-state index in [1.54, 1.807) is 21.3 Å². The SMILES string of the molecule is COc1ccc(-c2n[nH]c3c(O)n(-c4ccc(Br)cc4)c(-c4ccc(OC)c(OC)c4)c23)cc1. The Morgan fingerprint density at radius 1 is 0.824 bits per heavy atom. The fourth-order valence-electron chi connectivity index (χ4n) is 4.12. The number of nitrogens with one attached hydrogen (secondary N) is 1. The van der Waals surface area contributed by atoms with Crippen molar-refractivity contribution in [2.24, 2.45) is 0 Å². The van der Waals surface area contributed by atoms with Crippen LogP contribution >= 0.6 is 15.9 Å². The van der Waals surface area contributed by atoms with E-state index in [4.69, 9.17) is 14.2 Å². The van der Waals surface area contributed by atoms with Crippen LogP contribution in [-0.4, -0.2) is 41.2 Å². The fourth-order valence-corrected chi connectivity index (χ4v) is 4.38. The van der Waals surface area contributed by atoms with Crippen molar-refractivity contribution >= 4 is 26.8 Å². The number of fused-ring (bicyclic) bond motifs is 1. The molecule has 0 radical (unpaired) electrons. The van der Waals surface area contributed by atoms with E-state index in [0.717, 1.165) is 38.1 Å².